The predicted octanol–water partition coefficient (Wildman–Crippen LogP) is 2.99. The molecule has 3 rings (SSSR count). The van der Waals surface area contributed by atoms with Crippen molar-refractivity contribution in [3.8, 4) is 11.4 Å². The Balaban J connectivity index is 1.99. The van der Waals surface area contributed by atoms with Crippen LogP contribution in [0.4, 0.5) is 0 Å². The molecule has 0 bridgehead atoms. The first-order chi connectivity index (χ1) is 9.13. The maximum Gasteiger partial charge on any atom is 0.234 e. The van der Waals surface area contributed by atoms with Gasteiger partial charge < -0.3 is 9.84 Å². The van der Waals surface area contributed by atoms with Crippen molar-refractivity contribution < 1.29 is 4.52 Å². The van der Waals surface area contributed by atoms with Crippen LogP contribution in [-0.4, -0.2) is 23.2 Å². The molecule has 0 aromatic carbocycles. The van der Waals surface area contributed by atoms with Crippen LogP contribution in [0.5, 0.6) is 0 Å². The number of thiophene rings is 1. The fraction of sp³-hybridized carbons (Fsp3) is 0.571. The van der Waals surface area contributed by atoms with Crippen LogP contribution in [0.15, 0.2) is 15.3 Å². The minimum atomic E-state index is -0.00479. The second kappa shape index (κ2) is 4.72. The van der Waals surface area contributed by atoms with Crippen molar-refractivity contribution in [3.63, 3.8) is 0 Å². The average molecular weight is 277 g/mol. The summed E-state index contributed by atoms with van der Waals surface area (Å²) in [6, 6.07) is 0. The molecule has 5 heteroatoms. The van der Waals surface area contributed by atoms with Gasteiger partial charge in [0.2, 0.25) is 11.7 Å². The smallest absolute Gasteiger partial charge is 0.234 e. The van der Waals surface area contributed by atoms with Crippen molar-refractivity contribution in [3.05, 3.63) is 22.2 Å². The second-order valence-electron chi connectivity index (χ2n) is 5.63. The van der Waals surface area contributed by atoms with E-state index in [2.05, 4.69) is 47.0 Å². The van der Waals surface area contributed by atoms with Gasteiger partial charge in [0.15, 0.2) is 0 Å². The van der Waals surface area contributed by atoms with Gasteiger partial charge in [-0.1, -0.05) is 19.0 Å². The van der Waals surface area contributed by atoms with Gasteiger partial charge >= 0.3 is 0 Å². The monoisotopic (exact) mass is 277 g/mol. The number of aromatic nitrogens is 2. The number of hydrogen-bond acceptors (Lipinski definition) is 5. The molecule has 2 aromatic heterocycles. The molecule has 1 aliphatic heterocycles. The van der Waals surface area contributed by atoms with Crippen LogP contribution >= 0.6 is 11.3 Å². The molecule has 0 saturated carbocycles. The van der Waals surface area contributed by atoms with Crippen LogP contribution in [0.3, 0.4) is 0 Å². The van der Waals surface area contributed by atoms with Crippen LogP contribution in [0.25, 0.3) is 11.4 Å². The van der Waals surface area contributed by atoms with Crippen LogP contribution in [-0.2, 0) is 5.41 Å². The summed E-state index contributed by atoms with van der Waals surface area (Å²) in [6.45, 7) is 8.49. The Morgan fingerprint density at radius 2 is 2.26 bits per heavy atom. The Kier molecular flexibility index (Phi) is 3.19. The lowest BCUT2D eigenvalue weighted by Gasteiger charge is -2.27. The van der Waals surface area contributed by atoms with E-state index in [9.17, 15) is 0 Å². The highest BCUT2D eigenvalue weighted by molar-refractivity contribution is 7.08. The third-order valence-electron chi connectivity index (χ3n) is 4.24. The largest absolute Gasteiger partial charge is 0.338 e. The normalized spacial score (nSPS) is 23.4. The highest BCUT2D eigenvalue weighted by Crippen LogP contribution is 2.38. The topological polar surface area (TPSA) is 51.0 Å². The highest BCUT2D eigenvalue weighted by Gasteiger charge is 2.43. The van der Waals surface area contributed by atoms with Gasteiger partial charge in [-0.05, 0) is 36.8 Å². The van der Waals surface area contributed by atoms with E-state index in [0.29, 0.717) is 5.92 Å². The Morgan fingerprint density at radius 1 is 1.42 bits per heavy atom. The molecule has 0 aliphatic carbocycles. The fourth-order valence-electron chi connectivity index (χ4n) is 2.76. The van der Waals surface area contributed by atoms with Crippen LogP contribution in [0, 0.1) is 12.8 Å². The molecule has 1 unspecified atom stereocenters. The minimum absolute atomic E-state index is 0.00479. The molecule has 0 spiro atoms. The first-order valence-electron chi connectivity index (χ1n) is 6.71. The molecule has 0 radical (unpaired) electrons. The van der Waals surface area contributed by atoms with Crippen molar-refractivity contribution in [2.75, 3.05) is 13.1 Å². The van der Waals surface area contributed by atoms with Gasteiger partial charge in [0, 0.05) is 17.5 Å². The third-order valence-corrected chi connectivity index (χ3v) is 5.10. The molecule has 3 heterocycles. The van der Waals surface area contributed by atoms with E-state index in [0.717, 1.165) is 36.8 Å². The molecule has 19 heavy (non-hydrogen) atoms. The Bertz CT molecular complexity index is 567. The average Bonchev–Trinajstić information content (AvgIpc) is 3.07. The van der Waals surface area contributed by atoms with Crippen molar-refractivity contribution in [2.24, 2.45) is 5.92 Å². The quantitative estimate of drug-likeness (QED) is 0.937. The van der Waals surface area contributed by atoms with E-state index in [-0.39, 0.29) is 5.41 Å². The maximum atomic E-state index is 5.60. The molecule has 1 N–H and O–H groups in total. The molecular formula is C14H19N3OS. The van der Waals surface area contributed by atoms with E-state index in [4.69, 9.17) is 4.52 Å². The number of nitrogens with one attached hydrogen (secondary N) is 1. The summed E-state index contributed by atoms with van der Waals surface area (Å²) in [5.74, 6) is 1.99. The van der Waals surface area contributed by atoms with Gasteiger partial charge in [-0.15, -0.1) is 0 Å². The standard InChI is InChI=1S/C14H19N3OS/c1-9(2)14(4-5-15-8-14)13-16-12(17-18-13)11-7-19-6-10(11)3/h6-7,9,15H,4-5,8H2,1-3H3. The van der Waals surface area contributed by atoms with E-state index < -0.39 is 0 Å². The van der Waals surface area contributed by atoms with E-state index >= 15 is 0 Å². The molecule has 1 fully saturated rings. The Labute approximate surface area is 117 Å². The third kappa shape index (κ3) is 2.01. The van der Waals surface area contributed by atoms with Gasteiger partial charge in [0.1, 0.15) is 0 Å². The van der Waals surface area contributed by atoms with Crippen LogP contribution < -0.4 is 5.32 Å². The summed E-state index contributed by atoms with van der Waals surface area (Å²) in [5, 5.41) is 11.8. The molecule has 1 atom stereocenters. The van der Waals surface area contributed by atoms with Crippen molar-refractivity contribution >= 4 is 11.3 Å². The first kappa shape index (κ1) is 12.8. The van der Waals surface area contributed by atoms with Crippen molar-refractivity contribution in [2.45, 2.75) is 32.6 Å². The van der Waals surface area contributed by atoms with Crippen molar-refractivity contribution in [1.82, 2.24) is 15.5 Å². The van der Waals surface area contributed by atoms with Gasteiger partial charge in [0.25, 0.3) is 0 Å². The molecule has 0 amide bonds. The minimum Gasteiger partial charge on any atom is -0.338 e. The molecule has 2 aromatic rings. The lowest BCUT2D eigenvalue weighted by molar-refractivity contribution is 0.234. The maximum absolute atomic E-state index is 5.60. The lowest BCUT2D eigenvalue weighted by Crippen LogP contribution is -2.35. The lowest BCUT2D eigenvalue weighted by atomic mass is 9.76. The summed E-state index contributed by atoms with van der Waals surface area (Å²) in [6.07, 6.45) is 1.06. The summed E-state index contributed by atoms with van der Waals surface area (Å²) in [4.78, 5) is 4.68. The van der Waals surface area contributed by atoms with Crippen LogP contribution in [0.2, 0.25) is 0 Å². The van der Waals surface area contributed by atoms with Gasteiger partial charge in [-0.3, -0.25) is 0 Å². The summed E-state index contributed by atoms with van der Waals surface area (Å²) < 4.78 is 5.60. The molecule has 4 nitrogen and oxygen atoms in total. The zero-order chi connectivity index (χ0) is 13.5. The highest BCUT2D eigenvalue weighted by atomic mass is 32.1. The summed E-state index contributed by atoms with van der Waals surface area (Å²) in [5.41, 5.74) is 2.29. The number of rotatable bonds is 3. The Hall–Kier alpha value is -1.20. The molecule has 1 saturated heterocycles. The Morgan fingerprint density at radius 3 is 2.84 bits per heavy atom. The van der Waals surface area contributed by atoms with E-state index in [1.165, 1.54) is 5.56 Å². The predicted molar refractivity (Wildman–Crippen MR) is 76.4 cm³/mol. The summed E-state index contributed by atoms with van der Waals surface area (Å²) in [7, 11) is 0. The van der Waals surface area contributed by atoms with Gasteiger partial charge in [-0.2, -0.15) is 16.3 Å². The zero-order valence-electron chi connectivity index (χ0n) is 11.6. The SMILES string of the molecule is Cc1cscc1-c1noc(C2(C(C)C)CCNC2)n1. The molecule has 102 valence electrons. The van der Waals surface area contributed by atoms with Gasteiger partial charge in [-0.25, -0.2) is 0 Å². The van der Waals surface area contributed by atoms with Gasteiger partial charge in [0.05, 0.1) is 5.41 Å². The fourth-order valence-corrected chi connectivity index (χ4v) is 3.58. The number of aryl methyl sites for hydroxylation is 1. The van der Waals surface area contributed by atoms with E-state index in [1.54, 1.807) is 11.3 Å². The van der Waals surface area contributed by atoms with E-state index in [1.807, 2.05) is 0 Å². The second-order valence-corrected chi connectivity index (χ2v) is 6.37. The molecular weight excluding hydrogens is 258 g/mol. The van der Waals surface area contributed by atoms with Crippen LogP contribution in [0.1, 0.15) is 31.7 Å². The number of nitrogens with zero attached hydrogens (tertiary/aromatic N) is 2. The van der Waals surface area contributed by atoms with Crippen molar-refractivity contribution in [1.29, 1.82) is 0 Å². The summed E-state index contributed by atoms with van der Waals surface area (Å²) >= 11 is 1.67. The first-order valence-corrected chi connectivity index (χ1v) is 7.66. The molecule has 1 aliphatic rings. The number of hydrogen-bond donors (Lipinski definition) is 1. The zero-order valence-corrected chi connectivity index (χ0v) is 12.4.